The molecular weight excluding hydrogens is 256 g/mol. The van der Waals surface area contributed by atoms with Gasteiger partial charge in [0.2, 0.25) is 5.91 Å². The molecule has 0 aromatic heterocycles. The minimum atomic E-state index is -0.382. The van der Waals surface area contributed by atoms with Crippen molar-refractivity contribution in [1.29, 1.82) is 0 Å². The van der Waals surface area contributed by atoms with Crippen LogP contribution in [0.25, 0.3) is 0 Å². The predicted molar refractivity (Wildman–Crippen MR) is 71.2 cm³/mol. The number of ether oxygens (including phenoxy) is 1. The van der Waals surface area contributed by atoms with E-state index < -0.39 is 0 Å². The molecule has 1 aromatic carbocycles. The number of benzene rings is 1. The zero-order chi connectivity index (χ0) is 12.7. The molecule has 100 valence electrons. The van der Waals surface area contributed by atoms with E-state index in [1.807, 2.05) is 12.1 Å². The molecule has 1 amide bonds. The highest BCUT2D eigenvalue weighted by atomic mass is 35.5. The zero-order valence-corrected chi connectivity index (χ0v) is 11.0. The van der Waals surface area contributed by atoms with Gasteiger partial charge < -0.3 is 15.8 Å². The number of anilines is 1. The summed E-state index contributed by atoms with van der Waals surface area (Å²) in [5, 5.41) is 2.71. The SMILES string of the molecule is COC(=O)CCC(=O)NCc1ccc(N)cc1.Cl. The van der Waals surface area contributed by atoms with E-state index in [2.05, 4.69) is 10.1 Å². The molecule has 0 radical (unpaired) electrons. The molecule has 0 unspecified atom stereocenters. The smallest absolute Gasteiger partial charge is 0.306 e. The van der Waals surface area contributed by atoms with Gasteiger partial charge in [-0.25, -0.2) is 0 Å². The maximum Gasteiger partial charge on any atom is 0.306 e. The van der Waals surface area contributed by atoms with Crippen LogP contribution in [-0.4, -0.2) is 19.0 Å². The fraction of sp³-hybridized carbons (Fsp3) is 0.333. The van der Waals surface area contributed by atoms with Crippen molar-refractivity contribution in [3.8, 4) is 0 Å². The highest BCUT2D eigenvalue weighted by Gasteiger charge is 2.06. The second-order valence-electron chi connectivity index (χ2n) is 3.59. The molecule has 0 aliphatic heterocycles. The van der Waals surface area contributed by atoms with Gasteiger partial charge in [-0.05, 0) is 17.7 Å². The molecule has 0 aliphatic rings. The Balaban J connectivity index is 0.00000289. The molecule has 18 heavy (non-hydrogen) atoms. The van der Waals surface area contributed by atoms with Gasteiger partial charge in [0.15, 0.2) is 0 Å². The first kappa shape index (κ1) is 16.2. The van der Waals surface area contributed by atoms with E-state index in [1.165, 1.54) is 7.11 Å². The van der Waals surface area contributed by atoms with E-state index in [0.717, 1.165) is 5.56 Å². The van der Waals surface area contributed by atoms with Crippen molar-refractivity contribution in [2.75, 3.05) is 12.8 Å². The Hall–Kier alpha value is -1.75. The lowest BCUT2D eigenvalue weighted by Gasteiger charge is -2.05. The van der Waals surface area contributed by atoms with Gasteiger partial charge >= 0.3 is 5.97 Å². The van der Waals surface area contributed by atoms with Crippen molar-refractivity contribution in [2.45, 2.75) is 19.4 Å². The number of carbonyl (C=O) groups excluding carboxylic acids is 2. The second-order valence-corrected chi connectivity index (χ2v) is 3.59. The number of nitrogens with two attached hydrogens (primary N) is 1. The van der Waals surface area contributed by atoms with Gasteiger partial charge in [0.05, 0.1) is 13.5 Å². The topological polar surface area (TPSA) is 81.4 Å². The second kappa shape index (κ2) is 8.36. The van der Waals surface area contributed by atoms with Crippen LogP contribution in [0.5, 0.6) is 0 Å². The Morgan fingerprint density at radius 3 is 2.39 bits per heavy atom. The fourth-order valence-corrected chi connectivity index (χ4v) is 1.24. The Morgan fingerprint density at radius 1 is 1.22 bits per heavy atom. The molecule has 0 bridgehead atoms. The van der Waals surface area contributed by atoms with Crippen LogP contribution in [0.1, 0.15) is 18.4 Å². The number of methoxy groups -OCH3 is 1. The van der Waals surface area contributed by atoms with Gasteiger partial charge in [-0.15, -0.1) is 12.4 Å². The average molecular weight is 273 g/mol. The number of hydrogen-bond acceptors (Lipinski definition) is 4. The monoisotopic (exact) mass is 272 g/mol. The summed E-state index contributed by atoms with van der Waals surface area (Å²) in [7, 11) is 1.30. The maximum absolute atomic E-state index is 11.4. The Labute approximate surface area is 112 Å². The first-order chi connectivity index (χ1) is 8.11. The van der Waals surface area contributed by atoms with Gasteiger partial charge in [-0.3, -0.25) is 9.59 Å². The molecule has 1 rings (SSSR count). The molecule has 0 saturated heterocycles. The molecule has 0 heterocycles. The summed E-state index contributed by atoms with van der Waals surface area (Å²) >= 11 is 0. The third kappa shape index (κ3) is 6.10. The number of nitrogens with one attached hydrogen (secondary N) is 1. The lowest BCUT2D eigenvalue weighted by Crippen LogP contribution is -2.23. The van der Waals surface area contributed by atoms with Crippen molar-refractivity contribution in [3.05, 3.63) is 29.8 Å². The highest BCUT2D eigenvalue weighted by molar-refractivity contribution is 5.85. The Morgan fingerprint density at radius 2 is 1.83 bits per heavy atom. The van der Waals surface area contributed by atoms with Crippen LogP contribution < -0.4 is 11.1 Å². The maximum atomic E-state index is 11.4. The third-order valence-corrected chi connectivity index (χ3v) is 2.25. The van der Waals surface area contributed by atoms with Crippen LogP contribution in [0.2, 0.25) is 0 Å². The van der Waals surface area contributed by atoms with E-state index >= 15 is 0 Å². The average Bonchev–Trinajstić information content (AvgIpc) is 2.35. The van der Waals surface area contributed by atoms with Gasteiger partial charge in [0, 0.05) is 18.7 Å². The predicted octanol–water partition coefficient (Wildman–Crippen LogP) is 1.26. The van der Waals surface area contributed by atoms with Crippen molar-refractivity contribution in [1.82, 2.24) is 5.32 Å². The summed E-state index contributed by atoms with van der Waals surface area (Å²) < 4.78 is 4.44. The molecule has 5 nitrogen and oxygen atoms in total. The summed E-state index contributed by atoms with van der Waals surface area (Å²) in [6.07, 6.45) is 0.242. The number of halogens is 1. The normalized spacial score (nSPS) is 9.17. The van der Waals surface area contributed by atoms with Crippen LogP contribution >= 0.6 is 12.4 Å². The largest absolute Gasteiger partial charge is 0.469 e. The van der Waals surface area contributed by atoms with Crippen LogP contribution in [0, 0.1) is 0 Å². The van der Waals surface area contributed by atoms with E-state index in [9.17, 15) is 9.59 Å². The van der Waals surface area contributed by atoms with Crippen LogP contribution in [-0.2, 0) is 20.9 Å². The van der Waals surface area contributed by atoms with E-state index in [-0.39, 0.29) is 37.1 Å². The highest BCUT2D eigenvalue weighted by Crippen LogP contribution is 2.05. The van der Waals surface area contributed by atoms with Gasteiger partial charge in [0.1, 0.15) is 0 Å². The van der Waals surface area contributed by atoms with Crippen molar-refractivity contribution < 1.29 is 14.3 Å². The number of carbonyl (C=O) groups is 2. The quantitative estimate of drug-likeness (QED) is 0.625. The molecule has 0 fully saturated rings. The minimum Gasteiger partial charge on any atom is -0.469 e. The summed E-state index contributed by atoms with van der Waals surface area (Å²) in [6, 6.07) is 7.23. The molecule has 1 aromatic rings. The van der Waals surface area contributed by atoms with Crippen molar-refractivity contribution in [3.63, 3.8) is 0 Å². The first-order valence-electron chi connectivity index (χ1n) is 5.29. The molecule has 0 saturated carbocycles. The number of nitrogen functional groups attached to an aromatic ring is 1. The number of hydrogen-bond donors (Lipinski definition) is 2. The lowest BCUT2D eigenvalue weighted by atomic mass is 10.2. The molecular formula is C12H17ClN2O3. The summed E-state index contributed by atoms with van der Waals surface area (Å²) in [5.74, 6) is -0.556. The van der Waals surface area contributed by atoms with Crippen molar-refractivity contribution in [2.24, 2.45) is 0 Å². The molecule has 0 spiro atoms. The van der Waals surface area contributed by atoms with Crippen LogP contribution in [0.3, 0.4) is 0 Å². The zero-order valence-electron chi connectivity index (χ0n) is 10.1. The third-order valence-electron chi connectivity index (χ3n) is 2.25. The molecule has 6 heteroatoms. The Bertz CT molecular complexity index is 393. The van der Waals surface area contributed by atoms with Crippen molar-refractivity contribution >= 4 is 30.0 Å². The number of esters is 1. The van der Waals surface area contributed by atoms with Crippen LogP contribution in [0.4, 0.5) is 5.69 Å². The standard InChI is InChI=1S/C12H16N2O3.ClH/c1-17-12(16)7-6-11(15)14-8-9-2-4-10(13)5-3-9;/h2-5H,6-8,13H2,1H3,(H,14,15);1H. The molecule has 0 atom stereocenters. The molecule has 0 aliphatic carbocycles. The lowest BCUT2D eigenvalue weighted by molar-refractivity contribution is -0.142. The fourth-order valence-electron chi connectivity index (χ4n) is 1.24. The summed E-state index contributed by atoms with van der Waals surface area (Å²) in [4.78, 5) is 22.2. The van der Waals surface area contributed by atoms with Crippen LogP contribution in [0.15, 0.2) is 24.3 Å². The van der Waals surface area contributed by atoms with E-state index in [0.29, 0.717) is 12.2 Å². The minimum absolute atomic E-state index is 0. The first-order valence-corrected chi connectivity index (χ1v) is 5.29. The summed E-state index contributed by atoms with van der Waals surface area (Å²) in [6.45, 7) is 0.431. The Kier molecular flexibility index (Phi) is 7.54. The molecule has 3 N–H and O–H groups in total. The van der Waals surface area contributed by atoms with Gasteiger partial charge in [-0.1, -0.05) is 12.1 Å². The number of amides is 1. The van der Waals surface area contributed by atoms with Gasteiger partial charge in [0.25, 0.3) is 0 Å². The number of rotatable bonds is 5. The van der Waals surface area contributed by atoms with E-state index in [4.69, 9.17) is 5.73 Å². The summed E-state index contributed by atoms with van der Waals surface area (Å²) in [5.41, 5.74) is 7.19. The van der Waals surface area contributed by atoms with E-state index in [1.54, 1.807) is 12.1 Å². The van der Waals surface area contributed by atoms with Gasteiger partial charge in [-0.2, -0.15) is 0 Å².